The number of benzene rings is 2. The summed E-state index contributed by atoms with van der Waals surface area (Å²) in [6.07, 6.45) is -18.5. The van der Waals surface area contributed by atoms with Crippen molar-refractivity contribution in [2.45, 2.75) is 89.7 Å². The Morgan fingerprint density at radius 3 is 1.25 bits per heavy atom. The monoisotopic (exact) mass is 794 g/mol. The molecule has 0 aliphatic rings. The van der Waals surface area contributed by atoms with E-state index in [1.807, 2.05) is 0 Å². The maximum Gasteiger partial charge on any atom is 0.500 e. The van der Waals surface area contributed by atoms with Crippen LogP contribution in [-0.4, -0.2) is 59.1 Å². The summed E-state index contributed by atoms with van der Waals surface area (Å²) in [6, 6.07) is 4.11. The van der Waals surface area contributed by atoms with E-state index in [0.717, 1.165) is 24.3 Å². The van der Waals surface area contributed by atoms with Crippen LogP contribution < -0.4 is 0 Å². The van der Waals surface area contributed by atoms with Gasteiger partial charge in [0.05, 0.1) is 22.3 Å². The number of rotatable bonds is 18. The zero-order chi connectivity index (χ0) is 39.1. The summed E-state index contributed by atoms with van der Waals surface area (Å²) >= 11 is 0. The maximum absolute atomic E-state index is 12.8. The first-order chi connectivity index (χ1) is 23.5. The van der Waals surface area contributed by atoms with E-state index in [1.54, 1.807) is 20.8 Å². The Hall–Kier alpha value is -2.21. The van der Waals surface area contributed by atoms with Crippen molar-refractivity contribution in [1.29, 1.82) is 0 Å². The Kier molecular flexibility index (Phi) is 19.2. The van der Waals surface area contributed by atoms with E-state index < -0.39 is 72.0 Å². The highest BCUT2D eigenvalue weighted by atomic mass is 28.4. The number of hydrogen-bond donors (Lipinski definition) is 0. The van der Waals surface area contributed by atoms with Crippen molar-refractivity contribution in [3.05, 3.63) is 69.8 Å². The van der Waals surface area contributed by atoms with Gasteiger partial charge in [-0.3, -0.25) is 0 Å². The summed E-state index contributed by atoms with van der Waals surface area (Å²) < 4.78 is 186. The van der Waals surface area contributed by atoms with Crippen molar-refractivity contribution >= 4 is 18.6 Å². The molecule has 2 rings (SSSR count). The van der Waals surface area contributed by atoms with Crippen LogP contribution in [0.1, 0.15) is 67.0 Å². The van der Waals surface area contributed by atoms with Gasteiger partial charge in [0, 0.05) is 40.1 Å². The third-order valence-electron chi connectivity index (χ3n) is 6.95. The van der Waals surface area contributed by atoms with Crippen LogP contribution in [0.4, 0.5) is 52.7 Å². The van der Waals surface area contributed by atoms with Gasteiger partial charge in [0.15, 0.2) is 9.76 Å². The molecule has 0 atom stereocenters. The highest BCUT2D eigenvalue weighted by Crippen LogP contribution is 2.38. The van der Waals surface area contributed by atoms with E-state index in [-0.39, 0.29) is 48.6 Å². The Balaban J connectivity index is 0.000000510. The molecule has 2 aromatic rings. The molecule has 0 aliphatic heterocycles. The molecular weight excluding hydrogens is 752 g/mol. The Morgan fingerprint density at radius 2 is 0.941 bits per heavy atom. The van der Waals surface area contributed by atoms with E-state index in [0.29, 0.717) is 32.3 Å². The summed E-state index contributed by atoms with van der Waals surface area (Å²) in [7, 11) is -1.20. The van der Waals surface area contributed by atoms with Crippen LogP contribution >= 0.6 is 0 Å². The minimum Gasteiger partial charge on any atom is -0.379 e. The SMILES string of the molecule is CCOC(OCC)O[SiH2]CCCc1cc(C(F)(F)F)cc(C(F)(F)F)c1.CCO[Si](CCCc1cc(C(F)(F)F)cc(C(F)(F)F)c1)(OC)OC. The van der Waals surface area contributed by atoms with Gasteiger partial charge in [-0.15, -0.1) is 0 Å². The largest absolute Gasteiger partial charge is 0.500 e. The van der Waals surface area contributed by atoms with E-state index in [2.05, 4.69) is 0 Å². The van der Waals surface area contributed by atoms with Gasteiger partial charge < -0.3 is 27.2 Å². The van der Waals surface area contributed by atoms with Gasteiger partial charge in [0.25, 0.3) is 6.48 Å². The molecule has 0 fully saturated rings. The molecule has 0 saturated heterocycles. The fraction of sp³-hybridized carbons (Fsp3) is 0.613. The molecule has 294 valence electrons. The van der Waals surface area contributed by atoms with Crippen molar-refractivity contribution in [2.24, 2.45) is 0 Å². The van der Waals surface area contributed by atoms with Gasteiger partial charge in [-0.1, -0.05) is 6.42 Å². The van der Waals surface area contributed by atoms with Gasteiger partial charge in [-0.05, 0) is 93.6 Å². The molecule has 6 nitrogen and oxygen atoms in total. The number of ether oxygens (including phenoxy) is 2. The third kappa shape index (κ3) is 17.0. The van der Waals surface area contributed by atoms with Gasteiger partial charge in [-0.2, -0.15) is 52.7 Å². The molecule has 0 spiro atoms. The predicted octanol–water partition coefficient (Wildman–Crippen LogP) is 9.46. The maximum atomic E-state index is 12.8. The highest BCUT2D eigenvalue weighted by molar-refractivity contribution is 6.60. The van der Waals surface area contributed by atoms with Crippen LogP contribution in [0.2, 0.25) is 12.1 Å². The molecule has 0 aliphatic carbocycles. The number of aryl methyl sites for hydroxylation is 2. The Bertz CT molecular complexity index is 1230. The number of halogens is 12. The van der Waals surface area contributed by atoms with E-state index >= 15 is 0 Å². The lowest BCUT2D eigenvalue weighted by Gasteiger charge is -2.25. The molecule has 0 aromatic heterocycles. The van der Waals surface area contributed by atoms with Gasteiger partial charge >= 0.3 is 33.5 Å². The summed E-state index contributed by atoms with van der Waals surface area (Å²) in [5.74, 6) is 0. The van der Waals surface area contributed by atoms with Gasteiger partial charge in [-0.25, -0.2) is 0 Å². The average Bonchev–Trinajstić information content (AvgIpc) is 3.03. The summed E-state index contributed by atoms with van der Waals surface area (Å²) in [5, 5.41) is 0. The minimum atomic E-state index is -4.85. The lowest BCUT2D eigenvalue weighted by molar-refractivity contribution is -0.243. The van der Waals surface area contributed by atoms with E-state index in [4.69, 9.17) is 27.2 Å². The predicted molar refractivity (Wildman–Crippen MR) is 167 cm³/mol. The lowest BCUT2D eigenvalue weighted by atomic mass is 10.0. The molecule has 0 N–H and O–H groups in total. The van der Waals surface area contributed by atoms with Gasteiger partial charge in [0.2, 0.25) is 0 Å². The Labute approximate surface area is 292 Å². The van der Waals surface area contributed by atoms with Crippen LogP contribution in [0.3, 0.4) is 0 Å². The molecule has 0 heterocycles. The molecule has 51 heavy (non-hydrogen) atoms. The molecule has 0 bridgehead atoms. The molecule has 0 unspecified atom stereocenters. The molecule has 0 radical (unpaired) electrons. The molecule has 0 saturated carbocycles. The van der Waals surface area contributed by atoms with Crippen LogP contribution in [-0.2, 0) is 64.7 Å². The second-order valence-corrected chi connectivity index (χ2v) is 15.2. The van der Waals surface area contributed by atoms with Crippen molar-refractivity contribution in [3.8, 4) is 0 Å². The smallest absolute Gasteiger partial charge is 0.379 e. The molecular formula is C31H42F12O6Si2. The summed E-state index contributed by atoms with van der Waals surface area (Å²) in [6.45, 7) is 5.68. The summed E-state index contributed by atoms with van der Waals surface area (Å²) in [4.78, 5) is 0. The fourth-order valence-corrected chi connectivity index (χ4v) is 7.57. The van der Waals surface area contributed by atoms with Crippen LogP contribution in [0.25, 0.3) is 0 Å². The third-order valence-corrected chi connectivity index (χ3v) is 11.2. The molecule has 20 heteroatoms. The van der Waals surface area contributed by atoms with Crippen molar-refractivity contribution < 1.29 is 79.9 Å². The zero-order valence-electron chi connectivity index (χ0n) is 28.6. The fourth-order valence-electron chi connectivity index (χ4n) is 4.56. The van der Waals surface area contributed by atoms with E-state index in [9.17, 15) is 52.7 Å². The van der Waals surface area contributed by atoms with Crippen molar-refractivity contribution in [2.75, 3.05) is 34.0 Å². The quantitative estimate of drug-likeness (QED) is 0.0649. The van der Waals surface area contributed by atoms with Crippen LogP contribution in [0.5, 0.6) is 0 Å². The highest BCUT2D eigenvalue weighted by Gasteiger charge is 2.40. The lowest BCUT2D eigenvalue weighted by Crippen LogP contribution is -2.43. The summed E-state index contributed by atoms with van der Waals surface area (Å²) in [5.41, 5.74) is -5.25. The molecule has 2 aromatic carbocycles. The standard InChI is InChI=1S/C16H22F6O3Si.C15H20F6O3Si/c1-3-23-14(24-4-2)25-26-7-5-6-11-8-12(15(17,18)19)10-13(9-11)16(20,21)22;1-4-24-25(22-2,23-3)7-5-6-11-8-12(14(16,17)18)10-13(9-11)15(19,20)21/h8-10,14H,3-7,26H2,1-2H3;8-10H,4-7H2,1-3H3. The van der Waals surface area contributed by atoms with Crippen molar-refractivity contribution in [3.63, 3.8) is 0 Å². The average molecular weight is 795 g/mol. The minimum absolute atomic E-state index is 0.00677. The topological polar surface area (TPSA) is 55.4 Å². The first-order valence-electron chi connectivity index (χ1n) is 15.7. The van der Waals surface area contributed by atoms with Crippen LogP contribution in [0, 0.1) is 0 Å². The second-order valence-electron chi connectivity index (χ2n) is 10.7. The van der Waals surface area contributed by atoms with Crippen LogP contribution in [0.15, 0.2) is 36.4 Å². The second kappa shape index (κ2) is 20.9. The van der Waals surface area contributed by atoms with Gasteiger partial charge in [0.1, 0.15) is 0 Å². The Morgan fingerprint density at radius 1 is 0.569 bits per heavy atom. The number of alkyl halides is 12. The first-order valence-corrected chi connectivity index (χ1v) is 19.2. The van der Waals surface area contributed by atoms with E-state index in [1.165, 1.54) is 14.2 Å². The number of hydrogen-bond acceptors (Lipinski definition) is 6. The normalized spacial score (nSPS) is 13.3. The zero-order valence-corrected chi connectivity index (χ0v) is 31.0. The van der Waals surface area contributed by atoms with Crippen molar-refractivity contribution in [1.82, 2.24) is 0 Å². The molecule has 0 amide bonds. The first kappa shape index (κ1) is 46.8.